The fraction of sp³-hybridized carbons (Fsp3) is 0.370. The number of alkyl halides is 1. The van der Waals surface area contributed by atoms with Gasteiger partial charge in [0.05, 0.1) is 29.7 Å². The second kappa shape index (κ2) is 39.4. The monoisotopic (exact) mass is 1420 g/mol. The van der Waals surface area contributed by atoms with Crippen LogP contribution < -0.4 is 46.1 Å². The molecule has 0 aromatic carbocycles. The number of aldehydes is 1. The van der Waals surface area contributed by atoms with Crippen LogP contribution in [0.25, 0.3) is 0 Å². The molecule has 0 spiro atoms. The summed E-state index contributed by atoms with van der Waals surface area (Å²) in [5.74, 6) is 6.37. The second-order valence-electron chi connectivity index (χ2n) is 15.7. The first kappa shape index (κ1) is 76.1. The fourth-order valence-electron chi connectivity index (χ4n) is 5.60. The Morgan fingerprint density at radius 3 is 1.36 bits per heavy atom. The molecule has 0 aliphatic heterocycles. The van der Waals surface area contributed by atoms with Gasteiger partial charge in [-0.3, -0.25) is 24.2 Å². The number of rotatable bonds is 9. The van der Waals surface area contributed by atoms with Crippen LogP contribution in [0.2, 0.25) is 0 Å². The SMILES string of the molecule is BrP(Br)Br.Cc1cc(=O)[nH]c(=S)[nH]1.Cc1cc(=O)[nH]c(SCc2cnc(C)n2C)n1.Cc1cc(=O)cc(SCc2cnc(C)n2C)[nH]1.Cc1ncc(C=O)n1C.Cc1ncc(CBr)n1C.Cc1ncc(CO)n1C.Cl.[B].[H-].[Na+]. The van der Waals surface area contributed by atoms with Gasteiger partial charge < -0.3 is 44.3 Å². The van der Waals surface area contributed by atoms with Crippen molar-refractivity contribution in [3.05, 3.63) is 166 Å². The summed E-state index contributed by atoms with van der Waals surface area (Å²) in [5.41, 5.74) is 7.13. The van der Waals surface area contributed by atoms with Crippen molar-refractivity contribution in [2.24, 2.45) is 35.2 Å². The number of H-pyrrole nitrogens is 4. The third kappa shape index (κ3) is 28.3. The number of imidazole rings is 5. The van der Waals surface area contributed by atoms with Gasteiger partial charge in [0.25, 0.3) is 11.1 Å². The van der Waals surface area contributed by atoms with Crippen LogP contribution in [-0.2, 0) is 58.7 Å². The van der Waals surface area contributed by atoms with Gasteiger partial charge in [-0.15, -0.1) is 24.2 Å². The summed E-state index contributed by atoms with van der Waals surface area (Å²) in [5, 5.41) is 11.1. The molecule has 0 aliphatic rings. The van der Waals surface area contributed by atoms with E-state index in [1.54, 1.807) is 47.8 Å². The van der Waals surface area contributed by atoms with Crippen molar-refractivity contribution in [1.82, 2.24) is 72.7 Å². The summed E-state index contributed by atoms with van der Waals surface area (Å²) in [6, 6.07) is 6.16. The molecule has 8 rings (SSSR count). The number of aromatic nitrogens is 15. The molecule has 0 amide bonds. The maximum atomic E-state index is 11.3. The van der Waals surface area contributed by atoms with Gasteiger partial charge in [-0.25, -0.2) is 29.9 Å². The minimum atomic E-state index is -0.183. The standard InChI is InChI=1S/C12H15N3OS.C11H14N4OS.C6H9BrN2.C6H10N2O.C6H8N2O.C5H6N2OS.B.Br3P.ClH.Na.H/c1-8-4-11(16)5-12(14-8)17-7-10-6-13-9(2)15(10)3;1-7-4-10(16)14-11(13-7)17-6-9-5-12-8(2)15(9)3;1-5-8-4-6(3-7)9(5)2;2*1-5-7-3-6(4-9)8(5)2;1-3-2-4(8)7-5(9)6-3;;1-4(2)3;;;/h4-6H,7H2,1-3H3,(H,14,16);4-5H,6H2,1-3H3,(H,13,14,16);4H,3H2,1-2H3;3,9H,4H2,1-2H3;3-4H,1-2H3;2H,1H3,(H2,6,7,8,9);;;1H;;/q;;;;;;;;;+1;-1. The number of nitrogens with one attached hydrogen (secondary N) is 4. The predicted molar refractivity (Wildman–Crippen MR) is 329 cm³/mol. The number of aliphatic hydroxyl groups is 1. The van der Waals surface area contributed by atoms with E-state index >= 15 is 0 Å². The zero-order valence-electron chi connectivity index (χ0n) is 46.3. The van der Waals surface area contributed by atoms with Crippen LogP contribution in [-0.4, -0.2) is 92.5 Å². The molecule has 31 heteroatoms. The molecule has 20 nitrogen and oxygen atoms in total. The largest absolute Gasteiger partial charge is 1.00 e. The number of nitrogens with zero attached hydrogens (tertiary/aromatic N) is 11. The minimum Gasteiger partial charge on any atom is -1.00 e. The van der Waals surface area contributed by atoms with E-state index in [0.717, 1.165) is 91.4 Å². The number of carbonyl (C=O) groups is 1. The third-order valence-electron chi connectivity index (χ3n) is 10.4. The second-order valence-corrected chi connectivity index (χ2v) is 34.0. The number of thioether (sulfide) groups is 2. The molecule has 8 aromatic heterocycles. The molecule has 0 atom stereocenters. The van der Waals surface area contributed by atoms with Crippen molar-refractivity contribution in [3.63, 3.8) is 0 Å². The normalized spacial score (nSPS) is 9.81. The van der Waals surface area contributed by atoms with Crippen molar-refractivity contribution in [2.75, 3.05) is 0 Å². The van der Waals surface area contributed by atoms with Crippen molar-refractivity contribution in [3.8, 4) is 0 Å². The molecule has 5 N–H and O–H groups in total. The maximum Gasteiger partial charge on any atom is 1.00 e. The van der Waals surface area contributed by atoms with Gasteiger partial charge in [0, 0.05) is 138 Å². The van der Waals surface area contributed by atoms with Gasteiger partial charge in [0.2, 0.25) is 0 Å². The van der Waals surface area contributed by atoms with Crippen molar-refractivity contribution in [1.29, 1.82) is 0 Å². The topological polar surface area (TPSA) is 254 Å². The van der Waals surface area contributed by atoms with Crippen LogP contribution in [0.5, 0.6) is 0 Å². The number of hydrogen-bond donors (Lipinski definition) is 5. The first-order valence-corrected chi connectivity index (χ1v) is 32.8. The Bertz CT molecular complexity index is 3100. The van der Waals surface area contributed by atoms with Gasteiger partial charge in [0.15, 0.2) is 21.6 Å². The summed E-state index contributed by atoms with van der Waals surface area (Å²) in [6.45, 7) is 15.2. The molecule has 0 unspecified atom stereocenters. The molecule has 0 saturated heterocycles. The van der Waals surface area contributed by atoms with Crippen LogP contribution >= 0.6 is 115 Å². The fourth-order valence-corrected chi connectivity index (χ4v) is 8.32. The quantitative estimate of drug-likeness (QED) is 0.0184. The summed E-state index contributed by atoms with van der Waals surface area (Å²) in [4.78, 5) is 79.2. The average molecular weight is 1420 g/mol. The molecule has 77 heavy (non-hydrogen) atoms. The molecular weight excluding hydrogens is 1360 g/mol. The van der Waals surface area contributed by atoms with Crippen molar-refractivity contribution >= 4 is 129 Å². The van der Waals surface area contributed by atoms with E-state index in [-0.39, 0.29) is 79.0 Å². The van der Waals surface area contributed by atoms with Gasteiger partial charge in [-0.1, -0.05) is 27.7 Å². The van der Waals surface area contributed by atoms with Gasteiger partial charge >= 0.3 is 29.6 Å². The van der Waals surface area contributed by atoms with Crippen LogP contribution in [0.4, 0.5) is 0 Å². The summed E-state index contributed by atoms with van der Waals surface area (Å²) < 4.78 is 9.95. The first-order chi connectivity index (χ1) is 34.8. The number of aryl methyl sites for hydroxylation is 8. The Kier molecular flexibility index (Phi) is 38.9. The number of hydrogen-bond acceptors (Lipinski definition) is 14. The number of carbonyl (C=O) groups excluding carboxylic acids is 1. The van der Waals surface area contributed by atoms with Crippen LogP contribution in [0, 0.1) is 60.2 Å². The summed E-state index contributed by atoms with van der Waals surface area (Å²) in [7, 11) is 9.68. The first-order valence-electron chi connectivity index (χ1n) is 21.9. The molecule has 0 aliphatic carbocycles. The molecule has 415 valence electrons. The van der Waals surface area contributed by atoms with Gasteiger partial charge in [-0.2, -0.15) is 0 Å². The molecule has 0 bridgehead atoms. The summed E-state index contributed by atoms with van der Waals surface area (Å²) in [6.07, 6.45) is 9.62. The Morgan fingerprint density at radius 1 is 0.623 bits per heavy atom. The number of aliphatic hydroxyl groups excluding tert-OH is 1. The number of pyridine rings is 1. The molecule has 0 saturated carbocycles. The molecule has 3 radical (unpaired) electrons. The zero-order valence-corrected chi connectivity index (χ0v) is 57.8. The number of aromatic amines is 4. The Hall–Kier alpha value is -2.99. The van der Waals surface area contributed by atoms with Crippen LogP contribution in [0.1, 0.15) is 80.9 Å². The van der Waals surface area contributed by atoms with Crippen molar-refractivity contribution in [2.45, 2.75) is 89.0 Å². The van der Waals surface area contributed by atoms with Gasteiger partial charge in [0.1, 0.15) is 38.8 Å². The van der Waals surface area contributed by atoms with E-state index in [2.05, 4.69) is 134 Å². The van der Waals surface area contributed by atoms with E-state index in [0.29, 0.717) is 15.6 Å². The molecule has 8 aromatic rings. The van der Waals surface area contributed by atoms with E-state index in [9.17, 15) is 19.2 Å². The smallest absolute Gasteiger partial charge is 1.00 e. The summed E-state index contributed by atoms with van der Waals surface area (Å²) >= 11 is 20.7. The van der Waals surface area contributed by atoms with Crippen LogP contribution in [0.3, 0.4) is 0 Å². The average Bonchev–Trinajstić information content (AvgIpc) is 4.11. The maximum absolute atomic E-state index is 11.3. The van der Waals surface area contributed by atoms with E-state index in [1.165, 1.54) is 29.6 Å². The third-order valence-corrected chi connectivity index (χ3v) is 13.0. The molecule has 0 fully saturated rings. The molecular formula is C46H64BBr4ClN15NaO5PS3. The predicted octanol–water partition coefficient (Wildman–Crippen LogP) is 7.11. The zero-order chi connectivity index (χ0) is 55.8. The Balaban J connectivity index is -0.000000864. The van der Waals surface area contributed by atoms with E-state index in [4.69, 9.17) is 5.11 Å². The van der Waals surface area contributed by atoms with E-state index in [1.807, 2.05) is 111 Å². The van der Waals surface area contributed by atoms with Crippen molar-refractivity contribution < 1.29 is 40.9 Å². The Labute approximate surface area is 527 Å². The van der Waals surface area contributed by atoms with Crippen LogP contribution in [0.15, 0.2) is 79.8 Å². The number of halogens is 5. The Morgan fingerprint density at radius 2 is 1.04 bits per heavy atom. The molecule has 8 heterocycles. The minimum absolute atomic E-state index is 0. The van der Waals surface area contributed by atoms with E-state index < -0.39 is 0 Å². The van der Waals surface area contributed by atoms with Gasteiger partial charge in [-0.05, 0) is 114 Å².